The average Bonchev–Trinajstić information content (AvgIpc) is 2.70. The van der Waals surface area contributed by atoms with Crippen molar-refractivity contribution in [3.05, 3.63) is 91.0 Å². The Morgan fingerprint density at radius 2 is 1.04 bits per heavy atom. The molecule has 0 radical (unpaired) electrons. The molecule has 1 amide bonds. The van der Waals surface area contributed by atoms with Gasteiger partial charge in [0.1, 0.15) is 8.07 Å². The zero-order valence-electron chi connectivity index (χ0n) is 15.4. The van der Waals surface area contributed by atoms with Gasteiger partial charge in [-0.1, -0.05) is 91.0 Å². The SMILES string of the molecule is CN(C)C(=O)CC[Si](c1ccccc1)(c1ccccc1)c1ccccc1. The molecule has 3 aromatic carbocycles. The number of hydrogen-bond acceptors (Lipinski definition) is 1. The molecular formula is C23H25NOSi. The van der Waals surface area contributed by atoms with Crippen molar-refractivity contribution in [2.45, 2.75) is 12.5 Å². The zero-order valence-corrected chi connectivity index (χ0v) is 16.4. The second kappa shape index (κ2) is 8.15. The summed E-state index contributed by atoms with van der Waals surface area (Å²) in [5.41, 5.74) is 0. The van der Waals surface area contributed by atoms with Gasteiger partial charge in [0.15, 0.2) is 0 Å². The molecule has 26 heavy (non-hydrogen) atoms. The Kier molecular flexibility index (Phi) is 5.69. The van der Waals surface area contributed by atoms with E-state index in [2.05, 4.69) is 91.0 Å². The second-order valence-electron chi connectivity index (χ2n) is 6.79. The minimum absolute atomic E-state index is 0.185. The van der Waals surface area contributed by atoms with Crippen LogP contribution in [0.5, 0.6) is 0 Å². The van der Waals surface area contributed by atoms with Gasteiger partial charge in [0.25, 0.3) is 0 Å². The number of nitrogens with zero attached hydrogens (tertiary/aromatic N) is 1. The molecule has 3 aromatic rings. The third kappa shape index (κ3) is 3.63. The Morgan fingerprint density at radius 3 is 1.35 bits per heavy atom. The lowest BCUT2D eigenvalue weighted by atomic mass is 10.3. The third-order valence-electron chi connectivity index (χ3n) is 5.01. The zero-order chi connectivity index (χ0) is 18.4. The number of hydrogen-bond donors (Lipinski definition) is 0. The smallest absolute Gasteiger partial charge is 0.221 e. The van der Waals surface area contributed by atoms with Gasteiger partial charge in [-0.3, -0.25) is 4.79 Å². The molecule has 0 aliphatic rings. The van der Waals surface area contributed by atoms with Gasteiger partial charge in [0.2, 0.25) is 5.91 Å². The molecule has 0 saturated heterocycles. The first-order valence-electron chi connectivity index (χ1n) is 9.01. The van der Waals surface area contributed by atoms with E-state index in [1.165, 1.54) is 15.6 Å². The van der Waals surface area contributed by atoms with Crippen LogP contribution >= 0.6 is 0 Å². The first-order valence-corrected chi connectivity index (χ1v) is 11.2. The van der Waals surface area contributed by atoms with Crippen LogP contribution in [-0.2, 0) is 4.79 Å². The van der Waals surface area contributed by atoms with Gasteiger partial charge in [-0.15, -0.1) is 0 Å². The van der Waals surface area contributed by atoms with E-state index in [4.69, 9.17) is 0 Å². The van der Waals surface area contributed by atoms with E-state index in [0.717, 1.165) is 6.04 Å². The van der Waals surface area contributed by atoms with E-state index in [1.54, 1.807) is 4.90 Å². The van der Waals surface area contributed by atoms with Crippen LogP contribution in [0.15, 0.2) is 91.0 Å². The van der Waals surface area contributed by atoms with Crippen molar-refractivity contribution in [1.29, 1.82) is 0 Å². The number of carbonyl (C=O) groups excluding carboxylic acids is 1. The Morgan fingerprint density at radius 1 is 0.692 bits per heavy atom. The molecule has 0 N–H and O–H groups in total. The maximum atomic E-state index is 12.4. The van der Waals surface area contributed by atoms with Crippen LogP contribution < -0.4 is 15.6 Å². The summed E-state index contributed by atoms with van der Waals surface area (Å²) >= 11 is 0. The van der Waals surface area contributed by atoms with Gasteiger partial charge >= 0.3 is 0 Å². The quantitative estimate of drug-likeness (QED) is 0.489. The normalized spacial score (nSPS) is 11.2. The first-order chi connectivity index (χ1) is 12.6. The summed E-state index contributed by atoms with van der Waals surface area (Å²) in [4.78, 5) is 14.1. The van der Waals surface area contributed by atoms with Crippen molar-refractivity contribution in [2.75, 3.05) is 14.1 Å². The van der Waals surface area contributed by atoms with Crippen molar-refractivity contribution in [1.82, 2.24) is 4.90 Å². The molecule has 2 nitrogen and oxygen atoms in total. The summed E-state index contributed by atoms with van der Waals surface area (Å²) in [6.07, 6.45) is 0.553. The molecule has 0 bridgehead atoms. The van der Waals surface area contributed by atoms with Crippen LogP contribution in [0.3, 0.4) is 0 Å². The largest absolute Gasteiger partial charge is 0.349 e. The minimum atomic E-state index is -2.28. The Labute approximate surface area is 157 Å². The lowest BCUT2D eigenvalue weighted by Gasteiger charge is -2.34. The topological polar surface area (TPSA) is 20.3 Å². The lowest BCUT2D eigenvalue weighted by molar-refractivity contribution is -0.128. The Balaban J connectivity index is 2.19. The Bertz CT molecular complexity index is 735. The summed E-state index contributed by atoms with van der Waals surface area (Å²) in [6, 6.07) is 33.1. The standard InChI is InChI=1S/C23H25NOSi/c1-24(2)23(25)18-19-26(20-12-6-3-7-13-20,21-14-8-4-9-15-21)22-16-10-5-11-17-22/h3-17H,18-19H2,1-2H3. The molecule has 0 heterocycles. The molecule has 0 unspecified atom stereocenters. The summed E-state index contributed by atoms with van der Waals surface area (Å²) in [7, 11) is 1.38. The molecule has 0 aliphatic heterocycles. The first kappa shape index (κ1) is 18.1. The van der Waals surface area contributed by atoms with Crippen LogP contribution in [0.4, 0.5) is 0 Å². The van der Waals surface area contributed by atoms with E-state index in [1.807, 2.05) is 14.1 Å². The Hall–Kier alpha value is -2.65. The minimum Gasteiger partial charge on any atom is -0.349 e. The van der Waals surface area contributed by atoms with Gasteiger partial charge in [-0.25, -0.2) is 0 Å². The fourth-order valence-electron chi connectivity index (χ4n) is 3.62. The van der Waals surface area contributed by atoms with Gasteiger partial charge in [-0.05, 0) is 21.6 Å². The monoisotopic (exact) mass is 359 g/mol. The molecule has 0 fully saturated rings. The highest BCUT2D eigenvalue weighted by Crippen LogP contribution is 2.16. The molecular weight excluding hydrogens is 334 g/mol. The van der Waals surface area contributed by atoms with E-state index in [0.29, 0.717) is 6.42 Å². The van der Waals surface area contributed by atoms with E-state index in [-0.39, 0.29) is 5.91 Å². The molecule has 0 atom stereocenters. The van der Waals surface area contributed by atoms with Crippen molar-refractivity contribution in [3.63, 3.8) is 0 Å². The van der Waals surface area contributed by atoms with Gasteiger partial charge < -0.3 is 4.90 Å². The molecule has 0 aliphatic carbocycles. The molecule has 0 aromatic heterocycles. The molecule has 132 valence electrons. The van der Waals surface area contributed by atoms with Crippen LogP contribution in [0.2, 0.25) is 6.04 Å². The summed E-state index contributed by atoms with van der Waals surface area (Å²) in [5.74, 6) is 0.185. The van der Waals surface area contributed by atoms with E-state index >= 15 is 0 Å². The lowest BCUT2D eigenvalue weighted by Crippen LogP contribution is -2.67. The average molecular weight is 360 g/mol. The second-order valence-corrected chi connectivity index (χ2v) is 10.8. The number of benzene rings is 3. The van der Waals surface area contributed by atoms with Crippen molar-refractivity contribution < 1.29 is 4.79 Å². The van der Waals surface area contributed by atoms with Crippen LogP contribution in [-0.4, -0.2) is 33.0 Å². The molecule has 0 spiro atoms. The fourth-order valence-corrected chi connectivity index (χ4v) is 8.36. The van der Waals surface area contributed by atoms with Crippen LogP contribution in [0.25, 0.3) is 0 Å². The predicted octanol–water partition coefficient (Wildman–Crippen LogP) is 2.64. The summed E-state index contributed by atoms with van der Waals surface area (Å²) in [5, 5.41) is 4.05. The predicted molar refractivity (Wildman–Crippen MR) is 112 cm³/mol. The molecule has 3 heteroatoms. The van der Waals surface area contributed by atoms with Crippen molar-refractivity contribution in [3.8, 4) is 0 Å². The number of carbonyl (C=O) groups is 1. The maximum Gasteiger partial charge on any atom is 0.221 e. The summed E-state index contributed by atoms with van der Waals surface area (Å²) in [6.45, 7) is 0. The van der Waals surface area contributed by atoms with E-state index < -0.39 is 8.07 Å². The van der Waals surface area contributed by atoms with Crippen molar-refractivity contribution in [2.24, 2.45) is 0 Å². The summed E-state index contributed by atoms with van der Waals surface area (Å²) < 4.78 is 0. The van der Waals surface area contributed by atoms with Gasteiger partial charge in [0.05, 0.1) is 0 Å². The van der Waals surface area contributed by atoms with Crippen molar-refractivity contribution >= 4 is 29.5 Å². The van der Waals surface area contributed by atoms with Crippen LogP contribution in [0.1, 0.15) is 6.42 Å². The fraction of sp³-hybridized carbons (Fsp3) is 0.174. The molecule has 3 rings (SSSR count). The molecule has 0 saturated carbocycles. The highest BCUT2D eigenvalue weighted by atomic mass is 28.3. The third-order valence-corrected chi connectivity index (χ3v) is 9.97. The van der Waals surface area contributed by atoms with Gasteiger partial charge in [-0.2, -0.15) is 0 Å². The highest BCUT2D eigenvalue weighted by Gasteiger charge is 2.39. The number of rotatable bonds is 6. The van der Waals surface area contributed by atoms with Gasteiger partial charge in [0, 0.05) is 20.5 Å². The highest BCUT2D eigenvalue weighted by molar-refractivity contribution is 7.11. The maximum absolute atomic E-state index is 12.4. The van der Waals surface area contributed by atoms with E-state index in [9.17, 15) is 4.79 Å². The van der Waals surface area contributed by atoms with Crippen LogP contribution in [0, 0.1) is 0 Å². The number of amides is 1.